The Balaban J connectivity index is 1.56. The molecule has 2 atom stereocenters. The quantitative estimate of drug-likeness (QED) is 0.589. The summed E-state index contributed by atoms with van der Waals surface area (Å²) in [7, 11) is 0. The number of hydrogen-bond acceptors (Lipinski definition) is 7. The molecule has 3 heterocycles. The summed E-state index contributed by atoms with van der Waals surface area (Å²) in [5.74, 6) is -0.550. The number of nitrogens with one attached hydrogen (secondary N) is 1. The van der Waals surface area contributed by atoms with Gasteiger partial charge in [-0.25, -0.2) is 9.37 Å². The van der Waals surface area contributed by atoms with Gasteiger partial charge in [0.05, 0.1) is 17.6 Å². The molecular weight excluding hydrogens is 405 g/mol. The first-order valence-electron chi connectivity index (χ1n) is 9.61. The van der Waals surface area contributed by atoms with Gasteiger partial charge in [0.15, 0.2) is 0 Å². The first-order chi connectivity index (χ1) is 14.4. The van der Waals surface area contributed by atoms with E-state index in [9.17, 15) is 14.3 Å². The Labute approximate surface area is 177 Å². The SMILES string of the molecule is CC1CC(N)CN(c2ccncc2NC(=O)c2csc(-c3cc(O)ccc3F)n2)C1. The van der Waals surface area contributed by atoms with Crippen molar-refractivity contribution in [3.63, 3.8) is 0 Å². The molecule has 4 rings (SSSR count). The van der Waals surface area contributed by atoms with E-state index in [-0.39, 0.29) is 23.0 Å². The molecule has 4 N–H and O–H groups in total. The molecular formula is C21H22FN5O2S. The van der Waals surface area contributed by atoms with Crippen molar-refractivity contribution in [1.82, 2.24) is 9.97 Å². The summed E-state index contributed by atoms with van der Waals surface area (Å²) in [4.78, 5) is 23.3. The molecule has 3 aromatic rings. The number of aromatic nitrogens is 2. The molecule has 1 amide bonds. The zero-order chi connectivity index (χ0) is 21.3. The highest BCUT2D eigenvalue weighted by Crippen LogP contribution is 2.31. The number of pyridine rings is 1. The van der Waals surface area contributed by atoms with Gasteiger partial charge >= 0.3 is 0 Å². The lowest BCUT2D eigenvalue weighted by atomic mass is 9.96. The van der Waals surface area contributed by atoms with Crippen LogP contribution in [0.4, 0.5) is 15.8 Å². The second-order valence-corrected chi connectivity index (χ2v) is 8.41. The van der Waals surface area contributed by atoms with Crippen LogP contribution in [-0.4, -0.2) is 40.1 Å². The van der Waals surface area contributed by atoms with Crippen LogP contribution >= 0.6 is 11.3 Å². The van der Waals surface area contributed by atoms with Gasteiger partial charge in [-0.15, -0.1) is 11.3 Å². The molecule has 2 aromatic heterocycles. The predicted octanol–water partition coefficient (Wildman–Crippen LogP) is 3.48. The number of carbonyl (C=O) groups excluding carboxylic acids is 1. The van der Waals surface area contributed by atoms with Crippen LogP contribution in [0.15, 0.2) is 42.0 Å². The maximum Gasteiger partial charge on any atom is 0.275 e. The van der Waals surface area contributed by atoms with Crippen LogP contribution in [0.3, 0.4) is 0 Å². The molecule has 1 aromatic carbocycles. The smallest absolute Gasteiger partial charge is 0.275 e. The summed E-state index contributed by atoms with van der Waals surface area (Å²) in [5.41, 5.74) is 7.92. The lowest BCUT2D eigenvalue weighted by Gasteiger charge is -2.37. The van der Waals surface area contributed by atoms with Crippen LogP contribution < -0.4 is 16.0 Å². The Morgan fingerprint density at radius 2 is 2.20 bits per heavy atom. The molecule has 9 heteroatoms. The molecule has 30 heavy (non-hydrogen) atoms. The number of piperidine rings is 1. The van der Waals surface area contributed by atoms with Gasteiger partial charge in [0, 0.05) is 36.3 Å². The highest BCUT2D eigenvalue weighted by Gasteiger charge is 2.25. The van der Waals surface area contributed by atoms with Crippen molar-refractivity contribution in [3.05, 3.63) is 53.6 Å². The van der Waals surface area contributed by atoms with Crippen molar-refractivity contribution in [2.24, 2.45) is 11.7 Å². The van der Waals surface area contributed by atoms with E-state index in [1.54, 1.807) is 17.8 Å². The minimum atomic E-state index is -0.515. The van der Waals surface area contributed by atoms with Crippen LogP contribution in [-0.2, 0) is 0 Å². The summed E-state index contributed by atoms with van der Waals surface area (Å²) >= 11 is 1.13. The zero-order valence-electron chi connectivity index (χ0n) is 16.4. The van der Waals surface area contributed by atoms with Crippen LogP contribution in [0.1, 0.15) is 23.8 Å². The molecule has 0 bridgehead atoms. The molecule has 7 nitrogen and oxygen atoms in total. The number of nitrogens with zero attached hydrogens (tertiary/aromatic N) is 3. The van der Waals surface area contributed by atoms with Gasteiger partial charge in [-0.2, -0.15) is 0 Å². The average Bonchev–Trinajstić information content (AvgIpc) is 3.19. The molecule has 1 aliphatic rings. The Bertz CT molecular complexity index is 1060. The number of hydrogen-bond donors (Lipinski definition) is 3. The van der Waals surface area contributed by atoms with E-state index in [1.165, 1.54) is 12.1 Å². The number of nitrogens with two attached hydrogens (primary N) is 1. The lowest BCUT2D eigenvalue weighted by molar-refractivity contribution is 0.102. The largest absolute Gasteiger partial charge is 0.508 e. The van der Waals surface area contributed by atoms with Crippen LogP contribution in [0.5, 0.6) is 5.75 Å². The Hall–Kier alpha value is -3.04. The minimum Gasteiger partial charge on any atom is -0.508 e. The van der Waals surface area contributed by atoms with Crippen molar-refractivity contribution < 1.29 is 14.3 Å². The summed E-state index contributed by atoms with van der Waals surface area (Å²) in [6, 6.07) is 5.64. The van der Waals surface area contributed by atoms with Gasteiger partial charge in [0.2, 0.25) is 0 Å². The first kappa shape index (κ1) is 20.2. The maximum atomic E-state index is 14.1. The molecule has 1 saturated heterocycles. The summed E-state index contributed by atoms with van der Waals surface area (Å²) in [5, 5.41) is 14.3. The maximum absolute atomic E-state index is 14.1. The number of anilines is 2. The number of thiazole rings is 1. The Morgan fingerprint density at radius 1 is 1.37 bits per heavy atom. The monoisotopic (exact) mass is 427 g/mol. The molecule has 0 radical (unpaired) electrons. The predicted molar refractivity (Wildman–Crippen MR) is 115 cm³/mol. The molecule has 0 saturated carbocycles. The number of phenols is 1. The van der Waals surface area contributed by atoms with E-state index < -0.39 is 11.7 Å². The second-order valence-electron chi connectivity index (χ2n) is 7.55. The highest BCUT2D eigenvalue weighted by molar-refractivity contribution is 7.13. The van der Waals surface area contributed by atoms with Crippen molar-refractivity contribution in [3.8, 4) is 16.3 Å². The topological polar surface area (TPSA) is 104 Å². The third kappa shape index (κ3) is 4.27. The highest BCUT2D eigenvalue weighted by atomic mass is 32.1. The van der Waals surface area contributed by atoms with Crippen LogP contribution in [0.25, 0.3) is 10.6 Å². The average molecular weight is 428 g/mol. The number of rotatable bonds is 4. The Morgan fingerprint density at radius 3 is 3.00 bits per heavy atom. The number of halogens is 1. The third-order valence-corrected chi connectivity index (χ3v) is 5.87. The standard InChI is InChI=1S/C21H22FN5O2S/c1-12-6-13(23)10-27(9-12)19-4-5-24-8-17(19)25-20(29)18-11-30-21(26-18)15-7-14(28)2-3-16(15)22/h2-5,7-8,11-13,28H,6,9-10,23H2,1H3,(H,25,29). The lowest BCUT2D eigenvalue weighted by Crippen LogP contribution is -2.46. The zero-order valence-corrected chi connectivity index (χ0v) is 17.2. The van der Waals surface area contributed by atoms with Crippen molar-refractivity contribution in [1.29, 1.82) is 0 Å². The van der Waals surface area contributed by atoms with Gasteiger partial charge < -0.3 is 21.1 Å². The number of amides is 1. The first-order valence-corrected chi connectivity index (χ1v) is 10.5. The van der Waals surface area contributed by atoms with E-state index >= 15 is 0 Å². The van der Waals surface area contributed by atoms with Gasteiger partial charge in [0.25, 0.3) is 5.91 Å². The van der Waals surface area contributed by atoms with Gasteiger partial charge in [-0.1, -0.05) is 6.92 Å². The van der Waals surface area contributed by atoms with Crippen molar-refractivity contribution in [2.75, 3.05) is 23.3 Å². The Kier molecular flexibility index (Phi) is 5.65. The molecule has 1 fully saturated rings. The number of benzene rings is 1. The molecule has 2 unspecified atom stereocenters. The molecule has 0 spiro atoms. The fourth-order valence-electron chi connectivity index (χ4n) is 3.72. The summed E-state index contributed by atoms with van der Waals surface area (Å²) in [6.45, 7) is 3.70. The van der Waals surface area contributed by atoms with Crippen molar-refractivity contribution in [2.45, 2.75) is 19.4 Å². The van der Waals surface area contributed by atoms with E-state index in [2.05, 4.69) is 27.1 Å². The molecule has 156 valence electrons. The van der Waals surface area contributed by atoms with Crippen LogP contribution in [0.2, 0.25) is 0 Å². The molecule has 0 aliphatic carbocycles. The van der Waals surface area contributed by atoms with E-state index in [1.807, 2.05) is 6.07 Å². The van der Waals surface area contributed by atoms with Gasteiger partial charge in [0.1, 0.15) is 22.3 Å². The third-order valence-electron chi connectivity index (χ3n) is 5.00. The minimum absolute atomic E-state index is 0.0680. The van der Waals surface area contributed by atoms with Gasteiger partial charge in [-0.05, 0) is 36.6 Å². The molecule has 1 aliphatic heterocycles. The number of aromatic hydroxyl groups is 1. The van der Waals surface area contributed by atoms with E-state index in [0.717, 1.165) is 36.1 Å². The number of phenolic OH excluding ortho intramolecular Hbond substituents is 1. The number of carbonyl (C=O) groups is 1. The van der Waals surface area contributed by atoms with Crippen molar-refractivity contribution >= 4 is 28.6 Å². The van der Waals surface area contributed by atoms with E-state index in [0.29, 0.717) is 23.2 Å². The summed E-state index contributed by atoms with van der Waals surface area (Å²) < 4.78 is 14.1. The fraction of sp³-hybridized carbons (Fsp3) is 0.286. The normalized spacial score (nSPS) is 19.0. The van der Waals surface area contributed by atoms with Crippen LogP contribution in [0, 0.1) is 11.7 Å². The summed E-state index contributed by atoms with van der Waals surface area (Å²) in [6.07, 6.45) is 4.25. The van der Waals surface area contributed by atoms with E-state index in [4.69, 9.17) is 5.73 Å². The fourth-order valence-corrected chi connectivity index (χ4v) is 4.54. The van der Waals surface area contributed by atoms with Gasteiger partial charge in [-0.3, -0.25) is 9.78 Å². The second kappa shape index (κ2) is 8.37.